The third-order valence-electron chi connectivity index (χ3n) is 1.06. The maximum absolute atomic E-state index is 9.15. The van der Waals surface area contributed by atoms with Crippen molar-refractivity contribution < 1.29 is 5.11 Å². The lowest BCUT2D eigenvalue weighted by atomic mass is 10.3. The molecule has 0 fully saturated rings. The lowest BCUT2D eigenvalue weighted by Crippen LogP contribution is -2.47. The molecule has 0 amide bonds. The largest absolute Gasteiger partial charge is 0.375 e. The van der Waals surface area contributed by atoms with Crippen molar-refractivity contribution in [1.29, 1.82) is 0 Å². The van der Waals surface area contributed by atoms with E-state index in [0.29, 0.717) is 6.54 Å². The molecular weight excluding hydrogens is 104 g/mol. The molecule has 0 aromatic heterocycles. The Hall–Kier alpha value is -0.120. The van der Waals surface area contributed by atoms with E-state index in [2.05, 4.69) is 10.6 Å². The van der Waals surface area contributed by atoms with Gasteiger partial charge >= 0.3 is 0 Å². The number of aliphatic hydroxyl groups is 1. The summed E-state index contributed by atoms with van der Waals surface area (Å²) in [5.74, 6) is 0. The number of hydrogen-bond acceptors (Lipinski definition) is 3. The van der Waals surface area contributed by atoms with Gasteiger partial charge in [-0.2, -0.15) is 0 Å². The molecule has 1 unspecified atom stereocenters. The molecule has 3 N–H and O–H groups in total. The lowest BCUT2D eigenvalue weighted by Gasteiger charge is -2.21. The van der Waals surface area contributed by atoms with Crippen LogP contribution < -0.4 is 10.6 Å². The van der Waals surface area contributed by atoms with E-state index < -0.39 is 5.72 Å². The maximum Gasteiger partial charge on any atom is 0.125 e. The molecule has 0 aliphatic rings. The molecule has 3 heteroatoms. The maximum atomic E-state index is 9.15. The summed E-state index contributed by atoms with van der Waals surface area (Å²) in [6.45, 7) is 2.27. The van der Waals surface area contributed by atoms with Crippen LogP contribution in [-0.4, -0.2) is 31.5 Å². The van der Waals surface area contributed by atoms with Gasteiger partial charge in [0.05, 0.1) is 0 Å². The highest BCUT2D eigenvalue weighted by molar-refractivity contribution is 4.67. The predicted octanol–water partition coefficient (Wildman–Crippen LogP) is -0.866. The zero-order chi connectivity index (χ0) is 6.62. The SMILES string of the molecule is CNCC(C)(O)NC. The first-order valence-corrected chi connectivity index (χ1v) is 2.68. The van der Waals surface area contributed by atoms with Gasteiger partial charge in [0, 0.05) is 6.54 Å². The van der Waals surface area contributed by atoms with Crippen LogP contribution in [0.5, 0.6) is 0 Å². The van der Waals surface area contributed by atoms with E-state index in [1.54, 1.807) is 21.0 Å². The zero-order valence-electron chi connectivity index (χ0n) is 5.65. The molecule has 3 nitrogen and oxygen atoms in total. The van der Waals surface area contributed by atoms with Gasteiger partial charge in [-0.05, 0) is 21.0 Å². The standard InChI is InChI=1S/C5H14N2O/c1-5(8,7-3)4-6-2/h6-8H,4H2,1-3H3. The van der Waals surface area contributed by atoms with E-state index >= 15 is 0 Å². The second kappa shape index (κ2) is 3.02. The number of likely N-dealkylation sites (N-methyl/N-ethyl adjacent to an activating group) is 2. The fraction of sp³-hybridized carbons (Fsp3) is 1.00. The van der Waals surface area contributed by atoms with Gasteiger partial charge in [0.15, 0.2) is 0 Å². The molecule has 0 saturated heterocycles. The molecule has 0 aliphatic heterocycles. The summed E-state index contributed by atoms with van der Waals surface area (Å²) < 4.78 is 0. The van der Waals surface area contributed by atoms with Crippen LogP contribution in [0.15, 0.2) is 0 Å². The summed E-state index contributed by atoms with van der Waals surface area (Å²) in [4.78, 5) is 0. The summed E-state index contributed by atoms with van der Waals surface area (Å²) in [5, 5.41) is 14.7. The lowest BCUT2D eigenvalue weighted by molar-refractivity contribution is 0.0344. The van der Waals surface area contributed by atoms with Crippen molar-refractivity contribution in [3.05, 3.63) is 0 Å². The van der Waals surface area contributed by atoms with E-state index in [1.807, 2.05) is 0 Å². The Morgan fingerprint density at radius 1 is 1.50 bits per heavy atom. The highest BCUT2D eigenvalue weighted by Gasteiger charge is 2.13. The average Bonchev–Trinajstić information content (AvgIpc) is 1.67. The van der Waals surface area contributed by atoms with Gasteiger partial charge in [-0.15, -0.1) is 0 Å². The number of rotatable bonds is 3. The molecule has 0 aliphatic carbocycles. The molecule has 8 heavy (non-hydrogen) atoms. The minimum absolute atomic E-state index is 0.559. The second-order valence-electron chi connectivity index (χ2n) is 2.05. The van der Waals surface area contributed by atoms with Gasteiger partial charge in [0.25, 0.3) is 0 Å². The topological polar surface area (TPSA) is 44.3 Å². The number of hydrogen-bond donors (Lipinski definition) is 3. The first-order chi connectivity index (χ1) is 3.62. The molecule has 0 heterocycles. The van der Waals surface area contributed by atoms with Crippen molar-refractivity contribution in [2.75, 3.05) is 20.6 Å². The second-order valence-corrected chi connectivity index (χ2v) is 2.05. The number of nitrogens with one attached hydrogen (secondary N) is 2. The van der Waals surface area contributed by atoms with Crippen LogP contribution in [-0.2, 0) is 0 Å². The summed E-state index contributed by atoms with van der Waals surface area (Å²) in [6, 6.07) is 0. The highest BCUT2D eigenvalue weighted by atomic mass is 16.3. The Morgan fingerprint density at radius 2 is 2.00 bits per heavy atom. The molecule has 1 atom stereocenters. The smallest absolute Gasteiger partial charge is 0.125 e. The van der Waals surface area contributed by atoms with Gasteiger partial charge in [-0.1, -0.05) is 0 Å². The molecule has 0 aromatic rings. The molecule has 0 saturated carbocycles. The van der Waals surface area contributed by atoms with Crippen molar-refractivity contribution in [1.82, 2.24) is 10.6 Å². The Bertz CT molecular complexity index is 63.4. The van der Waals surface area contributed by atoms with Gasteiger partial charge in [0.1, 0.15) is 5.72 Å². The van der Waals surface area contributed by atoms with Crippen molar-refractivity contribution in [2.24, 2.45) is 0 Å². The highest BCUT2D eigenvalue weighted by Crippen LogP contribution is 1.90. The average molecular weight is 118 g/mol. The third kappa shape index (κ3) is 2.96. The van der Waals surface area contributed by atoms with Gasteiger partial charge in [-0.25, -0.2) is 0 Å². The summed E-state index contributed by atoms with van der Waals surface area (Å²) in [5.41, 5.74) is -0.769. The monoisotopic (exact) mass is 118 g/mol. The first kappa shape index (κ1) is 7.88. The minimum Gasteiger partial charge on any atom is -0.375 e. The van der Waals surface area contributed by atoms with Gasteiger partial charge < -0.3 is 10.4 Å². The third-order valence-corrected chi connectivity index (χ3v) is 1.06. The molecule has 0 spiro atoms. The van der Waals surface area contributed by atoms with Crippen LogP contribution in [0, 0.1) is 0 Å². The first-order valence-electron chi connectivity index (χ1n) is 2.68. The van der Waals surface area contributed by atoms with Crippen molar-refractivity contribution in [3.8, 4) is 0 Å². The van der Waals surface area contributed by atoms with E-state index in [-0.39, 0.29) is 0 Å². The summed E-state index contributed by atoms with van der Waals surface area (Å²) >= 11 is 0. The van der Waals surface area contributed by atoms with Gasteiger partial charge in [0.2, 0.25) is 0 Å². The Balaban J connectivity index is 3.37. The van der Waals surface area contributed by atoms with Crippen LogP contribution in [0.3, 0.4) is 0 Å². The van der Waals surface area contributed by atoms with Crippen LogP contribution in [0.1, 0.15) is 6.92 Å². The van der Waals surface area contributed by atoms with Crippen molar-refractivity contribution in [2.45, 2.75) is 12.6 Å². The summed E-state index contributed by atoms with van der Waals surface area (Å²) in [6.07, 6.45) is 0. The van der Waals surface area contributed by atoms with E-state index in [9.17, 15) is 0 Å². The normalized spacial score (nSPS) is 18.0. The Labute approximate surface area is 50.1 Å². The van der Waals surface area contributed by atoms with E-state index in [1.165, 1.54) is 0 Å². The Morgan fingerprint density at radius 3 is 2.12 bits per heavy atom. The molecule has 0 radical (unpaired) electrons. The van der Waals surface area contributed by atoms with Gasteiger partial charge in [-0.3, -0.25) is 5.32 Å². The fourth-order valence-electron chi connectivity index (χ4n) is 0.433. The van der Waals surface area contributed by atoms with Crippen LogP contribution in [0.4, 0.5) is 0 Å². The molecule has 0 bridgehead atoms. The predicted molar refractivity (Wildman–Crippen MR) is 33.6 cm³/mol. The fourth-order valence-corrected chi connectivity index (χ4v) is 0.433. The molecule has 50 valence electrons. The van der Waals surface area contributed by atoms with E-state index in [4.69, 9.17) is 5.11 Å². The van der Waals surface area contributed by atoms with Crippen molar-refractivity contribution >= 4 is 0 Å². The van der Waals surface area contributed by atoms with Crippen LogP contribution in [0.2, 0.25) is 0 Å². The molecule has 0 rings (SSSR count). The van der Waals surface area contributed by atoms with Crippen molar-refractivity contribution in [3.63, 3.8) is 0 Å². The molecular formula is C5H14N2O. The minimum atomic E-state index is -0.769. The van der Waals surface area contributed by atoms with Crippen LogP contribution in [0.25, 0.3) is 0 Å². The van der Waals surface area contributed by atoms with E-state index in [0.717, 1.165) is 0 Å². The summed E-state index contributed by atoms with van der Waals surface area (Å²) in [7, 11) is 3.52. The zero-order valence-corrected chi connectivity index (χ0v) is 5.65. The Kier molecular flexibility index (Phi) is 2.97. The molecule has 0 aromatic carbocycles. The quantitative estimate of drug-likeness (QED) is 0.422. The van der Waals surface area contributed by atoms with Crippen LogP contribution >= 0.6 is 0 Å².